The summed E-state index contributed by atoms with van der Waals surface area (Å²) in [5.74, 6) is -1.61. The molecule has 2 aromatic rings. The van der Waals surface area contributed by atoms with Crippen molar-refractivity contribution in [2.45, 2.75) is 0 Å². The van der Waals surface area contributed by atoms with Gasteiger partial charge in [-0.15, -0.1) is 0 Å². The van der Waals surface area contributed by atoms with Gasteiger partial charge in [0, 0.05) is 12.8 Å². The third-order valence-electron chi connectivity index (χ3n) is 2.57. The van der Waals surface area contributed by atoms with E-state index in [0.29, 0.717) is 11.4 Å². The van der Waals surface area contributed by atoms with Crippen LogP contribution in [0.15, 0.2) is 48.5 Å². The molecule has 0 fully saturated rings. The number of carboxylic acid groups (broad SMARTS) is 1. The summed E-state index contributed by atoms with van der Waals surface area (Å²) in [6, 6.07) is 12.6. The number of nitrogen functional groups attached to an aromatic ring is 1. The first kappa shape index (κ1) is 12.6. The van der Waals surface area contributed by atoms with Crippen LogP contribution in [-0.2, 0) is 0 Å². The molecule has 0 saturated carbocycles. The quantitative estimate of drug-likeness (QED) is 0.737. The van der Waals surface area contributed by atoms with Crippen LogP contribution in [0, 0.1) is 0 Å². The Morgan fingerprint density at radius 2 is 1.58 bits per heavy atom. The number of anilines is 2. The predicted octanol–water partition coefficient (Wildman–Crippen LogP) is 2.47. The second-order valence-corrected chi connectivity index (χ2v) is 3.93. The van der Waals surface area contributed by atoms with Crippen LogP contribution in [-0.4, -0.2) is 17.0 Å². The van der Waals surface area contributed by atoms with Gasteiger partial charge in [-0.05, 0) is 36.4 Å². The van der Waals surface area contributed by atoms with E-state index in [0.717, 1.165) is 0 Å². The lowest BCUT2D eigenvalue weighted by atomic mass is 10.1. The highest BCUT2D eigenvalue weighted by molar-refractivity contribution is 6.10. The second-order valence-electron chi connectivity index (χ2n) is 3.93. The molecule has 0 radical (unpaired) electrons. The topological polar surface area (TPSA) is 92.4 Å². The Balaban J connectivity index is 0.00000200. The maximum atomic E-state index is 12.0. The van der Waals surface area contributed by atoms with E-state index in [1.807, 2.05) is 0 Å². The summed E-state index contributed by atoms with van der Waals surface area (Å²) in [6.07, 6.45) is 0. The van der Waals surface area contributed by atoms with Crippen molar-refractivity contribution in [1.29, 1.82) is 0 Å². The van der Waals surface area contributed by atoms with Gasteiger partial charge in [0.15, 0.2) is 0 Å². The number of hydrogen-bond donors (Lipinski definition) is 3. The largest absolute Gasteiger partial charge is 0.478 e. The molecular formula is C14H14N2O3. The number of benzene rings is 2. The fraction of sp³-hybridized carbons (Fsp3) is 0. The average Bonchev–Trinajstić information content (AvgIpc) is 2.41. The van der Waals surface area contributed by atoms with Crippen LogP contribution < -0.4 is 11.1 Å². The number of carbonyl (C=O) groups is 2. The summed E-state index contributed by atoms with van der Waals surface area (Å²) in [4.78, 5) is 23.0. The van der Waals surface area contributed by atoms with E-state index >= 15 is 0 Å². The lowest BCUT2D eigenvalue weighted by molar-refractivity contribution is 0.0692. The molecule has 5 heteroatoms. The molecule has 2 rings (SSSR count). The van der Waals surface area contributed by atoms with E-state index in [1.54, 1.807) is 36.4 Å². The summed E-state index contributed by atoms with van der Waals surface area (Å²) in [5, 5.41) is 11.6. The van der Waals surface area contributed by atoms with Gasteiger partial charge in [-0.1, -0.05) is 12.1 Å². The monoisotopic (exact) mass is 258 g/mol. The third kappa shape index (κ3) is 2.90. The first-order valence-corrected chi connectivity index (χ1v) is 5.57. The van der Waals surface area contributed by atoms with Gasteiger partial charge in [0.2, 0.25) is 0 Å². The zero-order valence-corrected chi connectivity index (χ0v) is 9.96. The lowest BCUT2D eigenvalue weighted by Gasteiger charge is -2.07. The zero-order valence-electron chi connectivity index (χ0n) is 9.96. The molecule has 0 aliphatic heterocycles. The van der Waals surface area contributed by atoms with Crippen LogP contribution in [0.3, 0.4) is 0 Å². The summed E-state index contributed by atoms with van der Waals surface area (Å²) >= 11 is 0. The van der Waals surface area contributed by atoms with Crippen LogP contribution >= 0.6 is 0 Å². The van der Waals surface area contributed by atoms with Crippen LogP contribution in [0.25, 0.3) is 0 Å². The van der Waals surface area contributed by atoms with E-state index in [9.17, 15) is 9.59 Å². The number of nitrogens with two attached hydrogens (primary N) is 1. The molecule has 0 atom stereocenters. The molecule has 2 aromatic carbocycles. The molecule has 1 amide bonds. The lowest BCUT2D eigenvalue weighted by Crippen LogP contribution is -2.16. The van der Waals surface area contributed by atoms with Crippen molar-refractivity contribution in [3.05, 3.63) is 59.7 Å². The Morgan fingerprint density at radius 3 is 2.16 bits per heavy atom. The van der Waals surface area contributed by atoms with Crippen LogP contribution in [0.5, 0.6) is 0 Å². The van der Waals surface area contributed by atoms with Crippen molar-refractivity contribution >= 4 is 23.3 Å². The van der Waals surface area contributed by atoms with Crippen molar-refractivity contribution in [3.8, 4) is 0 Å². The number of hydrogen-bond acceptors (Lipinski definition) is 3. The summed E-state index contributed by atoms with van der Waals surface area (Å²) in [6.45, 7) is 0. The Bertz CT molecular complexity index is 627. The van der Waals surface area contributed by atoms with Gasteiger partial charge in [-0.25, -0.2) is 4.79 Å². The molecule has 19 heavy (non-hydrogen) atoms. The number of carbonyl (C=O) groups excluding carboxylic acids is 1. The SMILES string of the molecule is Nc1ccc(NC(=O)c2ccccc2C(=O)O)cc1.[HH]. The van der Waals surface area contributed by atoms with Gasteiger partial charge >= 0.3 is 5.97 Å². The predicted molar refractivity (Wildman–Crippen MR) is 74.3 cm³/mol. The molecule has 0 aliphatic rings. The fourth-order valence-electron chi connectivity index (χ4n) is 1.63. The smallest absolute Gasteiger partial charge is 0.336 e. The summed E-state index contributed by atoms with van der Waals surface area (Å²) in [5.41, 5.74) is 6.77. The van der Waals surface area contributed by atoms with Gasteiger partial charge in [0.25, 0.3) is 5.91 Å². The molecule has 0 aromatic heterocycles. The molecule has 4 N–H and O–H groups in total. The van der Waals surface area contributed by atoms with Crippen molar-refractivity contribution in [2.24, 2.45) is 0 Å². The van der Waals surface area contributed by atoms with E-state index in [1.165, 1.54) is 12.1 Å². The number of amides is 1. The highest BCUT2D eigenvalue weighted by Crippen LogP contribution is 2.14. The standard InChI is InChI=1S/C14H12N2O3.H2/c15-9-5-7-10(8-6-9)16-13(17)11-3-1-2-4-12(11)14(18)19;/h1-8H,15H2,(H,16,17)(H,18,19);1H. The van der Waals surface area contributed by atoms with Gasteiger partial charge in [0.1, 0.15) is 0 Å². The molecule has 5 nitrogen and oxygen atoms in total. The third-order valence-corrected chi connectivity index (χ3v) is 2.57. The fourth-order valence-corrected chi connectivity index (χ4v) is 1.63. The van der Waals surface area contributed by atoms with Gasteiger partial charge in [-0.2, -0.15) is 0 Å². The molecule has 0 unspecified atom stereocenters. The highest BCUT2D eigenvalue weighted by atomic mass is 16.4. The molecule has 0 aliphatic carbocycles. The summed E-state index contributed by atoms with van der Waals surface area (Å²) in [7, 11) is 0. The van der Waals surface area contributed by atoms with Gasteiger partial charge in [-0.3, -0.25) is 4.79 Å². The zero-order chi connectivity index (χ0) is 13.8. The van der Waals surface area contributed by atoms with E-state index in [2.05, 4.69) is 5.32 Å². The maximum Gasteiger partial charge on any atom is 0.336 e. The van der Waals surface area contributed by atoms with Gasteiger partial charge in [0.05, 0.1) is 11.1 Å². The van der Waals surface area contributed by atoms with Crippen molar-refractivity contribution < 1.29 is 16.1 Å². The average molecular weight is 258 g/mol. The molecule has 0 heterocycles. The Hall–Kier alpha value is -2.82. The molecular weight excluding hydrogens is 244 g/mol. The van der Waals surface area contributed by atoms with E-state index < -0.39 is 11.9 Å². The van der Waals surface area contributed by atoms with Crippen LogP contribution in [0.4, 0.5) is 11.4 Å². The second kappa shape index (κ2) is 5.22. The first-order chi connectivity index (χ1) is 9.08. The summed E-state index contributed by atoms with van der Waals surface area (Å²) < 4.78 is 0. The van der Waals surface area contributed by atoms with Crippen molar-refractivity contribution in [2.75, 3.05) is 11.1 Å². The van der Waals surface area contributed by atoms with Gasteiger partial charge < -0.3 is 16.2 Å². The Labute approximate surface area is 111 Å². The van der Waals surface area contributed by atoms with E-state index in [-0.39, 0.29) is 12.6 Å². The molecule has 0 spiro atoms. The van der Waals surface area contributed by atoms with Crippen molar-refractivity contribution in [3.63, 3.8) is 0 Å². The van der Waals surface area contributed by atoms with Crippen molar-refractivity contribution in [1.82, 2.24) is 0 Å². The number of aromatic carboxylic acids is 1. The maximum absolute atomic E-state index is 12.0. The number of carboxylic acids is 1. The molecule has 0 bridgehead atoms. The Kier molecular flexibility index (Phi) is 3.47. The van der Waals surface area contributed by atoms with Crippen LogP contribution in [0.2, 0.25) is 0 Å². The molecule has 98 valence electrons. The minimum atomic E-state index is -1.14. The highest BCUT2D eigenvalue weighted by Gasteiger charge is 2.15. The number of rotatable bonds is 3. The van der Waals surface area contributed by atoms with E-state index in [4.69, 9.17) is 10.8 Å². The normalized spacial score (nSPS) is 9.89. The van der Waals surface area contributed by atoms with Crippen LogP contribution in [0.1, 0.15) is 22.1 Å². The first-order valence-electron chi connectivity index (χ1n) is 5.57. The number of nitrogens with one attached hydrogen (secondary N) is 1. The minimum absolute atomic E-state index is 0. The Morgan fingerprint density at radius 1 is 1.00 bits per heavy atom. The molecule has 0 saturated heterocycles. The minimum Gasteiger partial charge on any atom is -0.478 e.